The number of benzene rings is 2. The summed E-state index contributed by atoms with van der Waals surface area (Å²) in [6.45, 7) is 1.50. The fourth-order valence-electron chi connectivity index (χ4n) is 3.75. The molecule has 35 heavy (non-hydrogen) atoms. The van der Waals surface area contributed by atoms with Crippen molar-refractivity contribution in [3.8, 4) is 28.1 Å². The van der Waals surface area contributed by atoms with E-state index in [9.17, 15) is 17.2 Å². The van der Waals surface area contributed by atoms with Gasteiger partial charge in [0.25, 0.3) is 0 Å². The molecule has 0 radical (unpaired) electrons. The quantitative estimate of drug-likeness (QED) is 0.374. The summed E-state index contributed by atoms with van der Waals surface area (Å²) in [4.78, 5) is 8.91. The summed E-state index contributed by atoms with van der Waals surface area (Å²) in [6, 6.07) is 11.9. The molecule has 11 heteroatoms. The van der Waals surface area contributed by atoms with Crippen molar-refractivity contribution in [2.75, 3.05) is 10.5 Å². The molecule has 0 aliphatic rings. The van der Waals surface area contributed by atoms with Crippen molar-refractivity contribution in [2.45, 2.75) is 6.92 Å². The monoisotopic (exact) mass is 494 g/mol. The van der Waals surface area contributed by atoms with Gasteiger partial charge in [0, 0.05) is 30.4 Å². The lowest BCUT2D eigenvalue weighted by Gasteiger charge is -2.12. The lowest BCUT2D eigenvalue weighted by atomic mass is 10.1. The molecule has 5 rings (SSSR count). The summed E-state index contributed by atoms with van der Waals surface area (Å²) < 4.78 is 58.3. The minimum atomic E-state index is -3.65. The highest BCUT2D eigenvalue weighted by atomic mass is 32.2. The Bertz CT molecular complexity index is 1680. The number of hydrogen-bond acceptors (Lipinski definition) is 5. The average Bonchev–Trinajstić information content (AvgIpc) is 3.44. The Labute approximate surface area is 199 Å². The molecule has 0 fully saturated rings. The molecule has 0 aliphatic carbocycles. The maximum atomic E-state index is 14.6. The van der Waals surface area contributed by atoms with E-state index in [0.29, 0.717) is 22.4 Å². The van der Waals surface area contributed by atoms with Gasteiger partial charge in [-0.2, -0.15) is 5.10 Å². The first-order chi connectivity index (χ1) is 16.7. The summed E-state index contributed by atoms with van der Waals surface area (Å²) in [6.07, 6.45) is 5.21. The van der Waals surface area contributed by atoms with Gasteiger partial charge in [0.2, 0.25) is 10.0 Å². The van der Waals surface area contributed by atoms with Crippen LogP contribution in [-0.2, 0) is 17.1 Å². The van der Waals surface area contributed by atoms with Crippen molar-refractivity contribution >= 4 is 26.9 Å². The normalized spacial score (nSPS) is 11.8. The van der Waals surface area contributed by atoms with Gasteiger partial charge in [-0.05, 0) is 54.4 Å². The predicted octanol–water partition coefficient (Wildman–Crippen LogP) is 4.53. The molecule has 3 aromatic heterocycles. The van der Waals surface area contributed by atoms with Crippen LogP contribution in [0.4, 0.5) is 14.6 Å². The fraction of sp³-hybridized carbons (Fsp3) is 0.125. The van der Waals surface area contributed by atoms with Gasteiger partial charge in [0.1, 0.15) is 29.6 Å². The van der Waals surface area contributed by atoms with Crippen LogP contribution in [0, 0.1) is 11.6 Å². The van der Waals surface area contributed by atoms with Gasteiger partial charge in [0.05, 0.1) is 23.0 Å². The van der Waals surface area contributed by atoms with Crippen LogP contribution in [0.5, 0.6) is 0 Å². The van der Waals surface area contributed by atoms with Crippen LogP contribution in [0.3, 0.4) is 0 Å². The second-order valence-electron chi connectivity index (χ2n) is 7.95. The third kappa shape index (κ3) is 4.50. The third-order valence-electron chi connectivity index (χ3n) is 5.53. The number of aromatic nitrogens is 5. The molecule has 0 amide bonds. The predicted molar refractivity (Wildman–Crippen MR) is 130 cm³/mol. The van der Waals surface area contributed by atoms with Gasteiger partial charge in [-0.25, -0.2) is 27.2 Å². The Morgan fingerprint density at radius 1 is 1.00 bits per heavy atom. The highest BCUT2D eigenvalue weighted by molar-refractivity contribution is 7.92. The summed E-state index contributed by atoms with van der Waals surface area (Å²) >= 11 is 0. The van der Waals surface area contributed by atoms with Gasteiger partial charge >= 0.3 is 0 Å². The second kappa shape index (κ2) is 8.58. The minimum Gasteiger partial charge on any atom is -0.283 e. The molecule has 0 atom stereocenters. The standard InChI is InChI=1S/C24H20F2N6O2S/c1-3-35(33,34)30-23-9-16(19-6-5-18(25)11-20(19)26)10-24(29-23)32-14-27-21-8-15(4-7-22(21)32)17-12-28-31(2)13-17/h4-14H,3H2,1-2H3,(H,29,30). The maximum absolute atomic E-state index is 14.6. The number of hydrogen-bond donors (Lipinski definition) is 1. The van der Waals surface area contributed by atoms with E-state index in [1.54, 1.807) is 27.8 Å². The molecule has 3 heterocycles. The lowest BCUT2D eigenvalue weighted by Crippen LogP contribution is -2.16. The highest BCUT2D eigenvalue weighted by Crippen LogP contribution is 2.30. The van der Waals surface area contributed by atoms with E-state index in [-0.39, 0.29) is 17.1 Å². The molecular weight excluding hydrogens is 474 g/mol. The summed E-state index contributed by atoms with van der Waals surface area (Å²) in [7, 11) is -1.81. The molecule has 0 bridgehead atoms. The largest absolute Gasteiger partial charge is 0.283 e. The molecule has 0 saturated heterocycles. The van der Waals surface area contributed by atoms with Crippen molar-refractivity contribution < 1.29 is 17.2 Å². The summed E-state index contributed by atoms with van der Waals surface area (Å²) in [5, 5.41) is 4.19. The van der Waals surface area contributed by atoms with Crippen molar-refractivity contribution in [2.24, 2.45) is 7.05 Å². The van der Waals surface area contributed by atoms with Crippen LogP contribution in [-0.4, -0.2) is 38.5 Å². The molecule has 5 aromatic rings. The molecule has 0 spiro atoms. The van der Waals surface area contributed by atoms with Crippen molar-refractivity contribution in [3.05, 3.63) is 78.9 Å². The Morgan fingerprint density at radius 2 is 1.83 bits per heavy atom. The lowest BCUT2D eigenvalue weighted by molar-refractivity contribution is 0.585. The number of nitrogens with zero attached hydrogens (tertiary/aromatic N) is 5. The van der Waals surface area contributed by atoms with E-state index in [1.807, 2.05) is 31.4 Å². The maximum Gasteiger partial charge on any atom is 0.233 e. The summed E-state index contributed by atoms with van der Waals surface area (Å²) in [5.74, 6) is -1.32. The Hall–Kier alpha value is -4.12. The van der Waals surface area contributed by atoms with Crippen molar-refractivity contribution in [1.82, 2.24) is 24.3 Å². The van der Waals surface area contributed by atoms with Crippen LogP contribution >= 0.6 is 0 Å². The van der Waals surface area contributed by atoms with E-state index >= 15 is 0 Å². The van der Waals surface area contributed by atoms with E-state index in [1.165, 1.54) is 19.1 Å². The van der Waals surface area contributed by atoms with E-state index in [4.69, 9.17) is 0 Å². The van der Waals surface area contributed by atoms with Crippen molar-refractivity contribution in [3.63, 3.8) is 0 Å². The van der Waals surface area contributed by atoms with Crippen LogP contribution in [0.15, 0.2) is 67.3 Å². The van der Waals surface area contributed by atoms with Gasteiger partial charge in [-0.3, -0.25) is 14.0 Å². The zero-order valence-electron chi connectivity index (χ0n) is 18.8. The van der Waals surface area contributed by atoms with Crippen molar-refractivity contribution in [1.29, 1.82) is 0 Å². The number of sulfonamides is 1. The number of imidazole rings is 1. The van der Waals surface area contributed by atoms with Crippen LogP contribution in [0.25, 0.3) is 39.1 Å². The average molecular weight is 495 g/mol. The molecule has 0 unspecified atom stereocenters. The zero-order valence-corrected chi connectivity index (χ0v) is 19.6. The minimum absolute atomic E-state index is 0.0110. The number of anilines is 1. The summed E-state index contributed by atoms with van der Waals surface area (Å²) in [5.41, 5.74) is 3.70. The first kappa shape index (κ1) is 22.7. The molecule has 0 aliphatic heterocycles. The smallest absolute Gasteiger partial charge is 0.233 e. The molecule has 0 saturated carbocycles. The molecule has 8 nitrogen and oxygen atoms in total. The molecule has 1 N–H and O–H groups in total. The number of aryl methyl sites for hydroxylation is 1. The first-order valence-electron chi connectivity index (χ1n) is 10.7. The van der Waals surface area contributed by atoms with Gasteiger partial charge in [-0.15, -0.1) is 0 Å². The Morgan fingerprint density at radius 3 is 2.54 bits per heavy atom. The van der Waals surface area contributed by atoms with Crippen LogP contribution < -0.4 is 4.72 Å². The SMILES string of the molecule is CCS(=O)(=O)Nc1cc(-c2ccc(F)cc2F)cc(-n2cnc3cc(-c4cnn(C)c4)ccc32)n1. The number of nitrogens with one attached hydrogen (secondary N) is 1. The number of pyridine rings is 1. The number of rotatable bonds is 6. The van der Waals surface area contributed by atoms with Gasteiger partial charge < -0.3 is 0 Å². The number of fused-ring (bicyclic) bond motifs is 1. The third-order valence-corrected chi connectivity index (χ3v) is 6.81. The van der Waals surface area contributed by atoms with E-state index in [0.717, 1.165) is 23.3 Å². The van der Waals surface area contributed by atoms with E-state index in [2.05, 4.69) is 19.8 Å². The fourth-order valence-corrected chi connectivity index (χ4v) is 4.31. The highest BCUT2D eigenvalue weighted by Gasteiger charge is 2.16. The Balaban J connectivity index is 1.65. The molecule has 178 valence electrons. The first-order valence-corrected chi connectivity index (χ1v) is 12.3. The Kier molecular flexibility index (Phi) is 5.56. The van der Waals surface area contributed by atoms with Crippen LogP contribution in [0.1, 0.15) is 6.92 Å². The van der Waals surface area contributed by atoms with E-state index < -0.39 is 21.7 Å². The van der Waals surface area contributed by atoms with Gasteiger partial charge in [-0.1, -0.05) is 6.07 Å². The molecule has 2 aromatic carbocycles. The number of halogens is 2. The van der Waals surface area contributed by atoms with Crippen LogP contribution in [0.2, 0.25) is 0 Å². The topological polar surface area (TPSA) is 94.7 Å². The zero-order chi connectivity index (χ0) is 24.7. The molecular formula is C24H20F2N6O2S. The second-order valence-corrected chi connectivity index (χ2v) is 9.96. The van der Waals surface area contributed by atoms with Gasteiger partial charge in [0.15, 0.2) is 0 Å².